The molecule has 0 bridgehead atoms. The van der Waals surface area contributed by atoms with E-state index in [1.54, 1.807) is 28.6 Å². The zero-order valence-corrected chi connectivity index (χ0v) is 17.7. The number of hydrogen-bond donors (Lipinski definition) is 1. The van der Waals surface area contributed by atoms with Gasteiger partial charge in [-0.25, -0.2) is 8.42 Å². The fourth-order valence-electron chi connectivity index (χ4n) is 3.69. The molecule has 7 heteroatoms. The maximum absolute atomic E-state index is 13.7. The molecule has 28 heavy (non-hydrogen) atoms. The summed E-state index contributed by atoms with van der Waals surface area (Å²) in [6, 6.07) is 12.1. The van der Waals surface area contributed by atoms with E-state index in [0.717, 1.165) is 30.4 Å². The molecule has 150 valence electrons. The molecule has 3 rings (SSSR count). The minimum Gasteiger partial charge on any atom is -0.325 e. The molecule has 1 atom stereocenters. The first-order chi connectivity index (χ1) is 13.3. The highest BCUT2D eigenvalue weighted by Gasteiger charge is 2.35. The average Bonchev–Trinajstić information content (AvgIpc) is 2.89. The number of rotatable bonds is 4. The minimum absolute atomic E-state index is 0.127. The second kappa shape index (κ2) is 8.64. The molecule has 0 aliphatic carbocycles. The van der Waals surface area contributed by atoms with Gasteiger partial charge >= 0.3 is 0 Å². The van der Waals surface area contributed by atoms with E-state index in [9.17, 15) is 13.2 Å². The van der Waals surface area contributed by atoms with Gasteiger partial charge in [-0.15, -0.1) is 0 Å². The van der Waals surface area contributed by atoms with Crippen LogP contribution in [0.3, 0.4) is 0 Å². The van der Waals surface area contributed by atoms with Crippen LogP contribution >= 0.6 is 11.6 Å². The third-order valence-electron chi connectivity index (χ3n) is 5.00. The molecule has 1 aliphatic heterocycles. The van der Waals surface area contributed by atoms with E-state index in [1.807, 2.05) is 25.1 Å². The number of carbonyl (C=O) groups is 1. The van der Waals surface area contributed by atoms with Crippen molar-refractivity contribution < 1.29 is 13.2 Å². The molecule has 1 amide bonds. The molecule has 2 aromatic rings. The van der Waals surface area contributed by atoms with Crippen molar-refractivity contribution >= 4 is 33.2 Å². The van der Waals surface area contributed by atoms with E-state index in [4.69, 9.17) is 11.6 Å². The lowest BCUT2D eigenvalue weighted by Crippen LogP contribution is -2.35. The van der Waals surface area contributed by atoms with Crippen LogP contribution < -0.4 is 5.32 Å². The van der Waals surface area contributed by atoms with Gasteiger partial charge in [-0.2, -0.15) is 4.31 Å². The highest BCUT2D eigenvalue weighted by molar-refractivity contribution is 7.89. The number of benzene rings is 2. The molecule has 0 unspecified atom stereocenters. The topological polar surface area (TPSA) is 66.5 Å². The van der Waals surface area contributed by atoms with E-state index in [-0.39, 0.29) is 16.8 Å². The van der Waals surface area contributed by atoms with Crippen molar-refractivity contribution in [1.82, 2.24) is 4.31 Å². The third-order valence-corrected chi connectivity index (χ3v) is 7.29. The summed E-state index contributed by atoms with van der Waals surface area (Å²) in [7, 11) is -3.84. The number of aryl methyl sites for hydroxylation is 1. The van der Waals surface area contributed by atoms with Gasteiger partial charge in [-0.3, -0.25) is 4.79 Å². The molecule has 0 saturated carbocycles. The van der Waals surface area contributed by atoms with Gasteiger partial charge in [0.05, 0.1) is 11.7 Å². The van der Waals surface area contributed by atoms with Crippen LogP contribution in [0.2, 0.25) is 5.02 Å². The second-order valence-corrected chi connectivity index (χ2v) is 9.45. The molecule has 0 spiro atoms. The number of halogens is 1. The molecule has 0 aromatic heterocycles. The molecule has 1 N–H and O–H groups in total. The largest absolute Gasteiger partial charge is 0.325 e. The lowest BCUT2D eigenvalue weighted by molar-refractivity contribution is -0.114. The van der Waals surface area contributed by atoms with Crippen molar-refractivity contribution in [3.05, 3.63) is 58.6 Å². The summed E-state index contributed by atoms with van der Waals surface area (Å²) in [5.74, 6) is -0.307. The summed E-state index contributed by atoms with van der Waals surface area (Å²) in [6.07, 6.45) is 3.42. The van der Waals surface area contributed by atoms with Crippen molar-refractivity contribution in [3.8, 4) is 0 Å². The molecule has 2 aromatic carbocycles. The Morgan fingerprint density at radius 2 is 1.89 bits per heavy atom. The number of sulfonamides is 1. The third kappa shape index (κ3) is 4.40. The van der Waals surface area contributed by atoms with Gasteiger partial charge in [-0.1, -0.05) is 48.7 Å². The van der Waals surface area contributed by atoms with Gasteiger partial charge in [0, 0.05) is 18.5 Å². The quantitative estimate of drug-likeness (QED) is 0.763. The number of amides is 1. The van der Waals surface area contributed by atoms with Crippen LogP contribution in [0.5, 0.6) is 0 Å². The van der Waals surface area contributed by atoms with Crippen molar-refractivity contribution in [1.29, 1.82) is 0 Å². The van der Waals surface area contributed by atoms with Gasteiger partial charge in [0.1, 0.15) is 4.90 Å². The molecular weight excluding hydrogens is 396 g/mol. The SMILES string of the molecule is CC(=O)Nc1ccc(C)cc1S(=O)(=O)N1CCCCC[C@@H]1c1ccccc1Cl. The van der Waals surface area contributed by atoms with Crippen molar-refractivity contribution in [2.24, 2.45) is 0 Å². The summed E-state index contributed by atoms with van der Waals surface area (Å²) >= 11 is 6.42. The van der Waals surface area contributed by atoms with E-state index in [0.29, 0.717) is 23.7 Å². The standard InChI is InChI=1S/C21H25ClN2O3S/c1-15-11-12-19(23-16(2)25)21(14-15)28(26,27)24-13-7-3-4-10-20(24)17-8-5-6-9-18(17)22/h5-6,8-9,11-12,14,20H,3-4,7,10,13H2,1-2H3,(H,23,25)/t20-/m1/s1. The molecule has 1 fully saturated rings. The Kier molecular flexibility index (Phi) is 6.43. The Hall–Kier alpha value is -1.89. The molecular formula is C21H25ClN2O3S. The molecule has 0 radical (unpaired) electrons. The second-order valence-electron chi connectivity index (χ2n) is 7.18. The highest BCUT2D eigenvalue weighted by atomic mass is 35.5. The van der Waals surface area contributed by atoms with Crippen LogP contribution in [0.15, 0.2) is 47.4 Å². The fraction of sp³-hybridized carbons (Fsp3) is 0.381. The maximum Gasteiger partial charge on any atom is 0.245 e. The Morgan fingerprint density at radius 3 is 2.61 bits per heavy atom. The molecule has 1 saturated heterocycles. The summed E-state index contributed by atoms with van der Waals surface area (Å²) in [5, 5.41) is 3.23. The smallest absolute Gasteiger partial charge is 0.245 e. The number of nitrogens with zero attached hydrogens (tertiary/aromatic N) is 1. The fourth-order valence-corrected chi connectivity index (χ4v) is 5.86. The summed E-state index contributed by atoms with van der Waals surface area (Å²) < 4.78 is 29.0. The van der Waals surface area contributed by atoms with Crippen LogP contribution in [0, 0.1) is 6.92 Å². The average molecular weight is 421 g/mol. The summed E-state index contributed by atoms with van der Waals surface area (Å²) in [4.78, 5) is 11.7. The zero-order valence-electron chi connectivity index (χ0n) is 16.1. The van der Waals surface area contributed by atoms with Gasteiger partial charge in [0.15, 0.2) is 0 Å². The van der Waals surface area contributed by atoms with Crippen LogP contribution in [-0.4, -0.2) is 25.2 Å². The van der Waals surface area contributed by atoms with Crippen LogP contribution in [0.4, 0.5) is 5.69 Å². The lowest BCUT2D eigenvalue weighted by Gasteiger charge is -2.31. The number of hydrogen-bond acceptors (Lipinski definition) is 3. The first kappa shape index (κ1) is 20.8. The number of nitrogens with one attached hydrogen (secondary N) is 1. The van der Waals surface area contributed by atoms with E-state index in [1.165, 1.54) is 6.92 Å². The van der Waals surface area contributed by atoms with E-state index < -0.39 is 10.0 Å². The first-order valence-corrected chi connectivity index (χ1v) is 11.3. The molecule has 5 nitrogen and oxygen atoms in total. The van der Waals surface area contributed by atoms with Crippen LogP contribution in [0.1, 0.15) is 49.8 Å². The Labute approximate surface area is 171 Å². The normalized spacial score (nSPS) is 18.5. The maximum atomic E-state index is 13.7. The highest BCUT2D eigenvalue weighted by Crippen LogP contribution is 2.39. The van der Waals surface area contributed by atoms with E-state index >= 15 is 0 Å². The minimum atomic E-state index is -3.84. The molecule has 1 aliphatic rings. The predicted octanol–water partition coefficient (Wildman–Crippen LogP) is 4.91. The number of carbonyl (C=O) groups excluding carboxylic acids is 1. The molecule has 1 heterocycles. The monoisotopic (exact) mass is 420 g/mol. The van der Waals surface area contributed by atoms with Gasteiger partial charge in [-0.05, 0) is 49.1 Å². The first-order valence-electron chi connectivity index (χ1n) is 9.45. The summed E-state index contributed by atoms with van der Waals surface area (Å²) in [6.45, 7) is 3.63. The number of anilines is 1. The van der Waals surface area contributed by atoms with Crippen LogP contribution in [-0.2, 0) is 14.8 Å². The van der Waals surface area contributed by atoms with Crippen molar-refractivity contribution in [3.63, 3.8) is 0 Å². The van der Waals surface area contributed by atoms with Gasteiger partial charge < -0.3 is 5.32 Å². The van der Waals surface area contributed by atoms with Gasteiger partial charge in [0.2, 0.25) is 15.9 Å². The lowest BCUT2D eigenvalue weighted by atomic mass is 10.0. The van der Waals surface area contributed by atoms with Crippen molar-refractivity contribution in [2.75, 3.05) is 11.9 Å². The Balaban J connectivity index is 2.11. The zero-order chi connectivity index (χ0) is 20.3. The Bertz CT molecular complexity index is 975. The Morgan fingerprint density at radius 1 is 1.14 bits per heavy atom. The van der Waals surface area contributed by atoms with Crippen LogP contribution in [0.25, 0.3) is 0 Å². The predicted molar refractivity (Wildman–Crippen MR) is 112 cm³/mol. The van der Waals surface area contributed by atoms with E-state index in [2.05, 4.69) is 5.32 Å². The van der Waals surface area contributed by atoms with Crippen molar-refractivity contribution in [2.45, 2.75) is 50.5 Å². The summed E-state index contributed by atoms with van der Waals surface area (Å²) in [5.41, 5.74) is 1.94. The van der Waals surface area contributed by atoms with Gasteiger partial charge in [0.25, 0.3) is 0 Å².